The molecule has 140 valence electrons. The third-order valence-electron chi connectivity index (χ3n) is 3.42. The monoisotopic (exact) mass is 352 g/mol. The number of rotatable bonds is 7. The molecule has 0 aromatic heterocycles. The molecule has 1 N–H and O–H groups in total. The van der Waals surface area contributed by atoms with E-state index in [0.29, 0.717) is 22.9 Å². The molecule has 0 saturated carbocycles. The quantitative estimate of drug-likeness (QED) is 0.815. The van der Waals surface area contributed by atoms with E-state index in [4.69, 9.17) is 14.2 Å². The molecule has 0 radical (unpaired) electrons. The molecule has 0 aliphatic carbocycles. The predicted molar refractivity (Wildman–Crippen MR) is 96.6 cm³/mol. The molecular formula is C18H28N2O5. The molecule has 0 aliphatic rings. The van der Waals surface area contributed by atoms with Gasteiger partial charge in [-0.05, 0) is 20.8 Å². The van der Waals surface area contributed by atoms with Crippen molar-refractivity contribution in [1.82, 2.24) is 5.32 Å². The van der Waals surface area contributed by atoms with Crippen LogP contribution in [0, 0.1) is 0 Å². The minimum absolute atomic E-state index is 0.119. The number of carbonyl (C=O) groups excluding carboxylic acids is 2. The fourth-order valence-corrected chi connectivity index (χ4v) is 2.39. The van der Waals surface area contributed by atoms with Crippen LogP contribution in [-0.4, -0.2) is 45.2 Å². The highest BCUT2D eigenvalue weighted by atomic mass is 16.5. The fourth-order valence-electron chi connectivity index (χ4n) is 2.39. The molecule has 1 rings (SSSR count). The molecule has 25 heavy (non-hydrogen) atoms. The minimum Gasteiger partial charge on any atom is -0.493 e. The second-order valence-corrected chi connectivity index (χ2v) is 6.60. The summed E-state index contributed by atoms with van der Waals surface area (Å²) in [5, 5.41) is 2.88. The summed E-state index contributed by atoms with van der Waals surface area (Å²) >= 11 is 0. The predicted octanol–water partition coefficient (Wildman–Crippen LogP) is 2.37. The van der Waals surface area contributed by atoms with E-state index in [9.17, 15) is 9.59 Å². The standard InChI is InChI=1S/C18H28N2O5/c1-12(21)20(9-8-16(22)19-18(2,3)4)13-10-14(23-5)17(25-7)15(11-13)24-6/h10-11H,8-9H2,1-7H3,(H,19,22). The molecule has 0 atom stereocenters. The summed E-state index contributed by atoms with van der Waals surface area (Å²) in [6.07, 6.45) is 0.188. The summed E-state index contributed by atoms with van der Waals surface area (Å²) in [5.74, 6) is 1.04. The van der Waals surface area contributed by atoms with Gasteiger partial charge < -0.3 is 24.4 Å². The number of methoxy groups -OCH3 is 3. The lowest BCUT2D eigenvalue weighted by molar-refractivity contribution is -0.122. The smallest absolute Gasteiger partial charge is 0.223 e. The van der Waals surface area contributed by atoms with Gasteiger partial charge in [0.2, 0.25) is 17.6 Å². The number of nitrogens with zero attached hydrogens (tertiary/aromatic N) is 1. The normalized spacial score (nSPS) is 10.8. The van der Waals surface area contributed by atoms with E-state index >= 15 is 0 Å². The molecule has 0 bridgehead atoms. The average Bonchev–Trinajstić information content (AvgIpc) is 2.51. The zero-order valence-corrected chi connectivity index (χ0v) is 16.1. The minimum atomic E-state index is -0.315. The Morgan fingerprint density at radius 2 is 1.56 bits per heavy atom. The Morgan fingerprint density at radius 1 is 1.04 bits per heavy atom. The largest absolute Gasteiger partial charge is 0.493 e. The first-order valence-electron chi connectivity index (χ1n) is 8.02. The van der Waals surface area contributed by atoms with Crippen LogP contribution < -0.4 is 24.4 Å². The van der Waals surface area contributed by atoms with Crippen molar-refractivity contribution in [3.8, 4) is 17.2 Å². The van der Waals surface area contributed by atoms with Gasteiger partial charge in [0, 0.05) is 37.6 Å². The number of ether oxygens (including phenoxy) is 3. The summed E-state index contributed by atoms with van der Waals surface area (Å²) < 4.78 is 15.9. The molecule has 0 unspecified atom stereocenters. The SMILES string of the molecule is COc1cc(N(CCC(=O)NC(C)(C)C)C(C)=O)cc(OC)c1OC. The van der Waals surface area contributed by atoms with Crippen molar-refractivity contribution in [3.05, 3.63) is 12.1 Å². The van der Waals surface area contributed by atoms with Crippen molar-refractivity contribution in [1.29, 1.82) is 0 Å². The molecule has 2 amide bonds. The topological polar surface area (TPSA) is 77.1 Å². The van der Waals surface area contributed by atoms with Crippen molar-refractivity contribution in [2.45, 2.75) is 39.7 Å². The third-order valence-corrected chi connectivity index (χ3v) is 3.42. The number of anilines is 1. The Balaban J connectivity index is 3.07. The number of carbonyl (C=O) groups is 2. The van der Waals surface area contributed by atoms with Crippen LogP contribution in [-0.2, 0) is 9.59 Å². The number of hydrogen-bond donors (Lipinski definition) is 1. The van der Waals surface area contributed by atoms with Gasteiger partial charge in [-0.2, -0.15) is 0 Å². The lowest BCUT2D eigenvalue weighted by atomic mass is 10.1. The number of amides is 2. The summed E-state index contributed by atoms with van der Waals surface area (Å²) in [4.78, 5) is 25.6. The Labute approximate surface area is 149 Å². The van der Waals surface area contributed by atoms with E-state index in [1.165, 1.54) is 33.2 Å². The molecule has 0 spiro atoms. The summed E-state index contributed by atoms with van der Waals surface area (Å²) in [5.41, 5.74) is 0.260. The van der Waals surface area contributed by atoms with Crippen molar-refractivity contribution in [2.24, 2.45) is 0 Å². The number of hydrogen-bond acceptors (Lipinski definition) is 5. The van der Waals surface area contributed by atoms with Crippen LogP contribution >= 0.6 is 0 Å². The van der Waals surface area contributed by atoms with Gasteiger partial charge in [0.25, 0.3) is 0 Å². The van der Waals surface area contributed by atoms with E-state index in [1.807, 2.05) is 20.8 Å². The van der Waals surface area contributed by atoms with E-state index in [0.717, 1.165) is 0 Å². The van der Waals surface area contributed by atoms with Crippen LogP contribution in [0.25, 0.3) is 0 Å². The molecular weight excluding hydrogens is 324 g/mol. The second kappa shape index (κ2) is 8.60. The summed E-state index contributed by atoms with van der Waals surface area (Å²) in [7, 11) is 4.53. The van der Waals surface area contributed by atoms with Crippen LogP contribution in [0.4, 0.5) is 5.69 Å². The van der Waals surface area contributed by atoms with Crippen LogP contribution in [0.5, 0.6) is 17.2 Å². The van der Waals surface area contributed by atoms with Crippen LogP contribution in [0.3, 0.4) is 0 Å². The van der Waals surface area contributed by atoms with Crippen molar-refractivity contribution < 1.29 is 23.8 Å². The maximum atomic E-state index is 12.1. The molecule has 0 heterocycles. The van der Waals surface area contributed by atoms with Crippen LogP contribution in [0.1, 0.15) is 34.1 Å². The first-order valence-corrected chi connectivity index (χ1v) is 8.02. The van der Waals surface area contributed by atoms with Gasteiger partial charge in [0.05, 0.1) is 27.0 Å². The molecule has 0 saturated heterocycles. The molecule has 0 aliphatic heterocycles. The fraction of sp³-hybridized carbons (Fsp3) is 0.556. The molecule has 7 heteroatoms. The van der Waals surface area contributed by atoms with E-state index in [1.54, 1.807) is 12.1 Å². The maximum Gasteiger partial charge on any atom is 0.223 e. The summed E-state index contributed by atoms with van der Waals surface area (Å²) in [6, 6.07) is 3.37. The van der Waals surface area contributed by atoms with Gasteiger partial charge in [-0.25, -0.2) is 0 Å². The summed E-state index contributed by atoms with van der Waals surface area (Å²) in [6.45, 7) is 7.42. The highest BCUT2D eigenvalue weighted by molar-refractivity contribution is 5.93. The third kappa shape index (κ3) is 5.85. The lowest BCUT2D eigenvalue weighted by Crippen LogP contribution is -2.42. The molecule has 7 nitrogen and oxygen atoms in total. The van der Waals surface area contributed by atoms with Crippen molar-refractivity contribution in [3.63, 3.8) is 0 Å². The Morgan fingerprint density at radius 3 is 1.92 bits per heavy atom. The average molecular weight is 352 g/mol. The Bertz CT molecular complexity index is 597. The zero-order valence-electron chi connectivity index (χ0n) is 16.1. The van der Waals surface area contributed by atoms with Crippen LogP contribution in [0.15, 0.2) is 12.1 Å². The van der Waals surface area contributed by atoms with Gasteiger partial charge in [-0.1, -0.05) is 0 Å². The highest BCUT2D eigenvalue weighted by Gasteiger charge is 2.21. The van der Waals surface area contributed by atoms with Gasteiger partial charge in [0.15, 0.2) is 11.5 Å². The zero-order chi connectivity index (χ0) is 19.2. The van der Waals surface area contributed by atoms with E-state index < -0.39 is 0 Å². The van der Waals surface area contributed by atoms with Gasteiger partial charge in [-0.15, -0.1) is 0 Å². The van der Waals surface area contributed by atoms with Crippen molar-refractivity contribution in [2.75, 3.05) is 32.8 Å². The molecule has 0 fully saturated rings. The van der Waals surface area contributed by atoms with Gasteiger partial charge in [-0.3, -0.25) is 9.59 Å². The Kier molecular flexibility index (Phi) is 7.09. The molecule has 1 aromatic rings. The van der Waals surface area contributed by atoms with Crippen molar-refractivity contribution >= 4 is 17.5 Å². The molecule has 1 aromatic carbocycles. The Hall–Kier alpha value is -2.44. The first kappa shape index (κ1) is 20.6. The van der Waals surface area contributed by atoms with E-state index in [2.05, 4.69) is 5.32 Å². The lowest BCUT2D eigenvalue weighted by Gasteiger charge is -2.25. The number of benzene rings is 1. The van der Waals surface area contributed by atoms with Gasteiger partial charge in [0.1, 0.15) is 0 Å². The number of nitrogens with one attached hydrogen (secondary N) is 1. The highest BCUT2D eigenvalue weighted by Crippen LogP contribution is 2.41. The maximum absolute atomic E-state index is 12.1. The van der Waals surface area contributed by atoms with E-state index in [-0.39, 0.29) is 30.3 Å². The van der Waals surface area contributed by atoms with Crippen LogP contribution in [0.2, 0.25) is 0 Å². The van der Waals surface area contributed by atoms with Gasteiger partial charge >= 0.3 is 0 Å². The first-order chi connectivity index (χ1) is 11.6. The second-order valence-electron chi connectivity index (χ2n) is 6.60.